The molecule has 1 aromatic rings. The van der Waals surface area contributed by atoms with Crippen molar-refractivity contribution in [3.63, 3.8) is 0 Å². The van der Waals surface area contributed by atoms with E-state index < -0.39 is 0 Å². The van der Waals surface area contributed by atoms with Gasteiger partial charge >= 0.3 is 0 Å². The minimum atomic E-state index is 0.202. The third-order valence-corrected chi connectivity index (χ3v) is 3.68. The first-order valence-corrected chi connectivity index (χ1v) is 6.23. The van der Waals surface area contributed by atoms with Crippen molar-refractivity contribution >= 4 is 0 Å². The van der Waals surface area contributed by atoms with E-state index in [2.05, 4.69) is 28.7 Å². The lowest BCUT2D eigenvalue weighted by molar-refractivity contribution is 0.135. The first-order chi connectivity index (χ1) is 8.24. The zero-order chi connectivity index (χ0) is 11.8. The van der Waals surface area contributed by atoms with Gasteiger partial charge < -0.3 is 9.47 Å². The number of hydrogen-bond donors (Lipinski definition) is 0. The van der Waals surface area contributed by atoms with Crippen LogP contribution >= 0.6 is 0 Å². The van der Waals surface area contributed by atoms with Gasteiger partial charge in [0.1, 0.15) is 6.10 Å². The van der Waals surface area contributed by atoms with E-state index in [1.807, 2.05) is 6.20 Å². The highest BCUT2D eigenvalue weighted by Crippen LogP contribution is 2.26. The lowest BCUT2D eigenvalue weighted by Gasteiger charge is -2.30. The van der Waals surface area contributed by atoms with Crippen LogP contribution in [0, 0.1) is 0 Å². The van der Waals surface area contributed by atoms with Crippen LogP contribution in [0.3, 0.4) is 0 Å². The summed E-state index contributed by atoms with van der Waals surface area (Å²) in [5, 5.41) is 4.41. The van der Waals surface area contributed by atoms with Crippen molar-refractivity contribution in [1.82, 2.24) is 14.7 Å². The van der Waals surface area contributed by atoms with Crippen LogP contribution in [0.15, 0.2) is 6.20 Å². The Balaban J connectivity index is 1.78. The molecule has 0 aliphatic carbocycles. The summed E-state index contributed by atoms with van der Waals surface area (Å²) in [4.78, 5) is 2.33. The Morgan fingerprint density at radius 3 is 3.18 bits per heavy atom. The summed E-state index contributed by atoms with van der Waals surface area (Å²) < 4.78 is 13.4. The van der Waals surface area contributed by atoms with Crippen LogP contribution in [0.1, 0.15) is 19.0 Å². The van der Waals surface area contributed by atoms with Crippen molar-refractivity contribution in [3.05, 3.63) is 11.9 Å². The quantitative estimate of drug-likeness (QED) is 0.765. The molecule has 5 nitrogen and oxygen atoms in total. The molecule has 0 radical (unpaired) electrons. The summed E-state index contributed by atoms with van der Waals surface area (Å²) in [6.07, 6.45) is 3.03. The standard InChI is InChI=1S/C12H19N3O2/c1-9-6-15-11(7-14(9)2)12(5-13-15)17-10-3-4-16-8-10/h5,9-10H,3-4,6-8H2,1-2H3/t9-,10?/m0/s1. The minimum absolute atomic E-state index is 0.202. The molecule has 0 bridgehead atoms. The van der Waals surface area contributed by atoms with Crippen LogP contribution in [-0.4, -0.2) is 47.1 Å². The number of ether oxygens (including phenoxy) is 2. The molecular formula is C12H19N3O2. The van der Waals surface area contributed by atoms with Gasteiger partial charge in [-0.3, -0.25) is 9.58 Å². The van der Waals surface area contributed by atoms with Crippen molar-refractivity contribution in [3.8, 4) is 5.75 Å². The van der Waals surface area contributed by atoms with Gasteiger partial charge in [-0.2, -0.15) is 5.10 Å². The van der Waals surface area contributed by atoms with E-state index in [9.17, 15) is 0 Å². The van der Waals surface area contributed by atoms with Gasteiger partial charge in [0.15, 0.2) is 5.75 Å². The van der Waals surface area contributed by atoms with Crippen molar-refractivity contribution in [1.29, 1.82) is 0 Å². The van der Waals surface area contributed by atoms with Gasteiger partial charge in [-0.15, -0.1) is 0 Å². The Morgan fingerprint density at radius 2 is 2.41 bits per heavy atom. The van der Waals surface area contributed by atoms with Crippen LogP contribution in [0.5, 0.6) is 5.75 Å². The maximum atomic E-state index is 5.96. The molecule has 2 aliphatic rings. The van der Waals surface area contributed by atoms with Gasteiger partial charge in [-0.1, -0.05) is 0 Å². The largest absolute Gasteiger partial charge is 0.484 e. The van der Waals surface area contributed by atoms with E-state index >= 15 is 0 Å². The number of nitrogens with zero attached hydrogens (tertiary/aromatic N) is 3. The van der Waals surface area contributed by atoms with Crippen molar-refractivity contribution < 1.29 is 9.47 Å². The fourth-order valence-corrected chi connectivity index (χ4v) is 2.38. The average molecular weight is 237 g/mol. The zero-order valence-corrected chi connectivity index (χ0v) is 10.4. The van der Waals surface area contributed by atoms with Gasteiger partial charge in [0.05, 0.1) is 31.6 Å². The maximum Gasteiger partial charge on any atom is 0.162 e. The molecule has 3 rings (SSSR count). The summed E-state index contributed by atoms with van der Waals surface area (Å²) in [5.41, 5.74) is 1.19. The Kier molecular flexibility index (Phi) is 2.80. The maximum absolute atomic E-state index is 5.96. The number of fused-ring (bicyclic) bond motifs is 1. The molecule has 2 atom stereocenters. The van der Waals surface area contributed by atoms with E-state index in [4.69, 9.17) is 9.47 Å². The van der Waals surface area contributed by atoms with Crippen LogP contribution in [-0.2, 0) is 17.8 Å². The van der Waals surface area contributed by atoms with E-state index in [0.717, 1.165) is 31.9 Å². The number of hydrogen-bond acceptors (Lipinski definition) is 4. The van der Waals surface area contributed by atoms with Crippen molar-refractivity contribution in [2.45, 2.75) is 38.6 Å². The van der Waals surface area contributed by atoms with E-state index in [1.54, 1.807) is 0 Å². The van der Waals surface area contributed by atoms with Gasteiger partial charge in [0, 0.05) is 19.0 Å². The molecule has 1 aromatic heterocycles. The SMILES string of the molecule is C[C@H]1Cn2ncc(OC3CCOC3)c2CN1C. The molecule has 5 heteroatoms. The second-order valence-corrected chi connectivity index (χ2v) is 5.01. The summed E-state index contributed by atoms with van der Waals surface area (Å²) in [5.74, 6) is 0.930. The number of rotatable bonds is 2. The highest BCUT2D eigenvalue weighted by Gasteiger charge is 2.26. The van der Waals surface area contributed by atoms with Crippen LogP contribution in [0.2, 0.25) is 0 Å². The monoisotopic (exact) mass is 237 g/mol. The summed E-state index contributed by atoms with van der Waals surface area (Å²) in [6, 6.07) is 0.532. The predicted octanol–water partition coefficient (Wildman–Crippen LogP) is 0.885. The fourth-order valence-electron chi connectivity index (χ4n) is 2.38. The van der Waals surface area contributed by atoms with Crippen LogP contribution in [0.4, 0.5) is 0 Å². The summed E-state index contributed by atoms with van der Waals surface area (Å²) in [7, 11) is 2.14. The Bertz CT molecular complexity index is 398. The lowest BCUT2D eigenvalue weighted by Crippen LogP contribution is -2.38. The Labute approximate surface area is 101 Å². The number of aromatic nitrogens is 2. The highest BCUT2D eigenvalue weighted by atomic mass is 16.5. The molecule has 0 aromatic carbocycles. The zero-order valence-electron chi connectivity index (χ0n) is 10.4. The van der Waals surface area contributed by atoms with Gasteiger partial charge in [0.2, 0.25) is 0 Å². The van der Waals surface area contributed by atoms with E-state index in [-0.39, 0.29) is 6.10 Å². The molecule has 94 valence electrons. The fraction of sp³-hybridized carbons (Fsp3) is 0.750. The Morgan fingerprint density at radius 1 is 1.53 bits per heavy atom. The van der Waals surface area contributed by atoms with Crippen LogP contribution in [0.25, 0.3) is 0 Å². The van der Waals surface area contributed by atoms with E-state index in [0.29, 0.717) is 12.6 Å². The van der Waals surface area contributed by atoms with Crippen molar-refractivity contribution in [2.75, 3.05) is 20.3 Å². The highest BCUT2D eigenvalue weighted by molar-refractivity contribution is 5.26. The van der Waals surface area contributed by atoms with Gasteiger partial charge in [-0.05, 0) is 14.0 Å². The number of likely N-dealkylation sites (N-methyl/N-ethyl adjacent to an activating group) is 1. The second kappa shape index (κ2) is 4.31. The topological polar surface area (TPSA) is 39.5 Å². The molecule has 1 fully saturated rings. The first kappa shape index (κ1) is 11.0. The third-order valence-electron chi connectivity index (χ3n) is 3.68. The molecule has 0 N–H and O–H groups in total. The molecule has 2 aliphatic heterocycles. The molecule has 1 unspecified atom stereocenters. The molecular weight excluding hydrogens is 218 g/mol. The van der Waals surface area contributed by atoms with Gasteiger partial charge in [-0.25, -0.2) is 0 Å². The third kappa shape index (κ3) is 2.05. The Hall–Kier alpha value is -1.07. The first-order valence-electron chi connectivity index (χ1n) is 6.23. The molecule has 1 saturated heterocycles. The molecule has 17 heavy (non-hydrogen) atoms. The van der Waals surface area contributed by atoms with Gasteiger partial charge in [0.25, 0.3) is 0 Å². The molecule has 0 amide bonds. The predicted molar refractivity (Wildman–Crippen MR) is 63.0 cm³/mol. The molecule has 0 spiro atoms. The summed E-state index contributed by atoms with van der Waals surface area (Å²) in [6.45, 7) is 5.58. The minimum Gasteiger partial charge on any atom is -0.484 e. The second-order valence-electron chi connectivity index (χ2n) is 5.01. The smallest absolute Gasteiger partial charge is 0.162 e. The van der Waals surface area contributed by atoms with Crippen LogP contribution < -0.4 is 4.74 Å². The molecule has 0 saturated carbocycles. The normalized spacial score (nSPS) is 29.3. The van der Waals surface area contributed by atoms with Crippen molar-refractivity contribution in [2.24, 2.45) is 0 Å². The average Bonchev–Trinajstić information content (AvgIpc) is 2.92. The molecule has 3 heterocycles. The summed E-state index contributed by atoms with van der Waals surface area (Å²) >= 11 is 0. The lowest BCUT2D eigenvalue weighted by atomic mass is 10.2. The van der Waals surface area contributed by atoms with E-state index in [1.165, 1.54) is 5.69 Å².